The van der Waals surface area contributed by atoms with Crippen molar-refractivity contribution < 1.29 is 24.2 Å². The summed E-state index contributed by atoms with van der Waals surface area (Å²) < 4.78 is 10.6. The topological polar surface area (TPSA) is 76.1 Å². The van der Waals surface area contributed by atoms with Crippen LogP contribution in [0, 0.1) is 0 Å². The zero-order valence-corrected chi connectivity index (χ0v) is 16.4. The molecule has 150 valence electrons. The summed E-state index contributed by atoms with van der Waals surface area (Å²) in [4.78, 5) is 26.8. The number of ketones is 1. The smallest absolute Gasteiger partial charge is 0.295 e. The van der Waals surface area contributed by atoms with Crippen molar-refractivity contribution in [3.8, 4) is 11.5 Å². The fourth-order valence-corrected chi connectivity index (χ4v) is 3.37. The lowest BCUT2D eigenvalue weighted by Gasteiger charge is -2.24. The number of methoxy groups -OCH3 is 1. The molecule has 1 saturated heterocycles. The van der Waals surface area contributed by atoms with Gasteiger partial charge in [-0.3, -0.25) is 9.59 Å². The van der Waals surface area contributed by atoms with E-state index in [0.717, 1.165) is 0 Å². The highest BCUT2D eigenvalue weighted by Gasteiger charge is 2.45. The Bertz CT molecular complexity index is 944. The number of aliphatic hydroxyl groups is 1. The second kappa shape index (κ2) is 8.65. The Morgan fingerprint density at radius 2 is 1.72 bits per heavy atom. The van der Waals surface area contributed by atoms with Gasteiger partial charge in [-0.2, -0.15) is 0 Å². The maximum atomic E-state index is 12.8. The summed E-state index contributed by atoms with van der Waals surface area (Å²) in [5, 5.41) is 10.9. The van der Waals surface area contributed by atoms with Crippen molar-refractivity contribution in [3.63, 3.8) is 0 Å². The monoisotopic (exact) mass is 393 g/mol. The molecule has 2 aromatic carbocycles. The molecule has 1 unspecified atom stereocenters. The van der Waals surface area contributed by atoms with Crippen molar-refractivity contribution in [1.29, 1.82) is 0 Å². The lowest BCUT2D eigenvalue weighted by molar-refractivity contribution is -0.139. The third-order valence-electron chi connectivity index (χ3n) is 4.74. The van der Waals surface area contributed by atoms with Crippen molar-refractivity contribution in [1.82, 2.24) is 4.90 Å². The fraction of sp³-hybridized carbons (Fsp3) is 0.217. The van der Waals surface area contributed by atoms with Gasteiger partial charge in [0.2, 0.25) is 0 Å². The van der Waals surface area contributed by atoms with Gasteiger partial charge in [-0.25, -0.2) is 0 Å². The van der Waals surface area contributed by atoms with E-state index in [1.54, 1.807) is 61.7 Å². The lowest BCUT2D eigenvalue weighted by atomic mass is 9.95. The van der Waals surface area contributed by atoms with Gasteiger partial charge in [-0.15, -0.1) is 6.58 Å². The van der Waals surface area contributed by atoms with Gasteiger partial charge >= 0.3 is 0 Å². The van der Waals surface area contributed by atoms with Crippen LogP contribution in [0.3, 0.4) is 0 Å². The van der Waals surface area contributed by atoms with E-state index in [1.807, 2.05) is 6.92 Å². The highest BCUT2D eigenvalue weighted by atomic mass is 16.5. The number of carbonyl (C=O) groups is 2. The number of Topliss-reactive ketones (excluding diaryl/α,β-unsaturated/α-hetero) is 1. The van der Waals surface area contributed by atoms with Gasteiger partial charge in [0.05, 0.1) is 25.3 Å². The molecule has 0 radical (unpaired) electrons. The van der Waals surface area contributed by atoms with E-state index in [4.69, 9.17) is 9.47 Å². The van der Waals surface area contributed by atoms with Crippen LogP contribution < -0.4 is 9.47 Å². The lowest BCUT2D eigenvalue weighted by Crippen LogP contribution is -2.29. The largest absolute Gasteiger partial charge is 0.507 e. The maximum absolute atomic E-state index is 12.8. The van der Waals surface area contributed by atoms with Crippen LogP contribution in [0.1, 0.15) is 24.1 Å². The summed E-state index contributed by atoms with van der Waals surface area (Å²) in [5.74, 6) is -0.306. The average molecular weight is 393 g/mol. The molecule has 6 heteroatoms. The number of nitrogens with zero attached hydrogens (tertiary/aromatic N) is 1. The van der Waals surface area contributed by atoms with Crippen LogP contribution in [-0.2, 0) is 9.59 Å². The molecule has 1 fully saturated rings. The Kier molecular flexibility index (Phi) is 6.02. The number of aliphatic hydroxyl groups excluding tert-OH is 1. The summed E-state index contributed by atoms with van der Waals surface area (Å²) in [6, 6.07) is 13.1. The molecule has 6 nitrogen and oxygen atoms in total. The van der Waals surface area contributed by atoms with Crippen molar-refractivity contribution in [3.05, 3.63) is 77.9 Å². The fourth-order valence-electron chi connectivity index (χ4n) is 3.37. The van der Waals surface area contributed by atoms with Gasteiger partial charge in [0.1, 0.15) is 17.3 Å². The third kappa shape index (κ3) is 3.87. The molecule has 1 amide bonds. The van der Waals surface area contributed by atoms with Gasteiger partial charge in [-0.05, 0) is 48.9 Å². The second-order valence-electron chi connectivity index (χ2n) is 6.47. The number of hydrogen-bond donors (Lipinski definition) is 1. The molecular formula is C23H23NO5. The van der Waals surface area contributed by atoms with E-state index >= 15 is 0 Å². The second-order valence-corrected chi connectivity index (χ2v) is 6.47. The minimum atomic E-state index is -0.723. The van der Waals surface area contributed by atoms with Gasteiger partial charge in [0.15, 0.2) is 0 Å². The van der Waals surface area contributed by atoms with Gasteiger partial charge < -0.3 is 19.5 Å². The molecule has 0 saturated carbocycles. The summed E-state index contributed by atoms with van der Waals surface area (Å²) >= 11 is 0. The molecule has 3 rings (SSSR count). The number of amides is 1. The quantitative estimate of drug-likeness (QED) is 0.336. The Morgan fingerprint density at radius 1 is 1.10 bits per heavy atom. The molecule has 2 aromatic rings. The van der Waals surface area contributed by atoms with Crippen LogP contribution in [-0.4, -0.2) is 42.0 Å². The van der Waals surface area contributed by atoms with Crippen molar-refractivity contribution in [2.24, 2.45) is 0 Å². The molecule has 0 aliphatic carbocycles. The predicted molar refractivity (Wildman–Crippen MR) is 110 cm³/mol. The molecule has 1 aliphatic heterocycles. The average Bonchev–Trinajstić information content (AvgIpc) is 2.99. The van der Waals surface area contributed by atoms with Crippen LogP contribution in [0.15, 0.2) is 66.8 Å². The molecule has 1 heterocycles. The zero-order valence-electron chi connectivity index (χ0n) is 16.4. The summed E-state index contributed by atoms with van der Waals surface area (Å²) in [6.07, 6.45) is 1.55. The molecule has 0 bridgehead atoms. The minimum Gasteiger partial charge on any atom is -0.507 e. The summed E-state index contributed by atoms with van der Waals surface area (Å²) in [6.45, 7) is 6.26. The number of carbonyl (C=O) groups excluding carboxylic acids is 2. The Labute approximate surface area is 169 Å². The van der Waals surface area contributed by atoms with E-state index in [-0.39, 0.29) is 17.9 Å². The first-order valence-electron chi connectivity index (χ1n) is 9.28. The molecule has 1 atom stereocenters. The van der Waals surface area contributed by atoms with Crippen molar-refractivity contribution in [2.75, 3.05) is 20.3 Å². The summed E-state index contributed by atoms with van der Waals surface area (Å²) in [5.41, 5.74) is 1.18. The Balaban J connectivity index is 2.10. The number of rotatable bonds is 7. The first-order chi connectivity index (χ1) is 14.0. The van der Waals surface area contributed by atoms with E-state index < -0.39 is 17.7 Å². The zero-order chi connectivity index (χ0) is 21.0. The standard InChI is InChI=1S/C23H23NO5/c1-4-14-24-20(15-6-10-17(28-3)11-7-15)19(22(26)23(24)27)21(25)16-8-12-18(13-9-16)29-5-2/h4,6-13,20,25H,1,5,14H2,2-3H3/b21-19+. The van der Waals surface area contributed by atoms with Crippen LogP contribution in [0.25, 0.3) is 5.76 Å². The Morgan fingerprint density at radius 3 is 2.28 bits per heavy atom. The van der Waals surface area contributed by atoms with Crippen molar-refractivity contribution >= 4 is 17.4 Å². The molecular weight excluding hydrogens is 370 g/mol. The minimum absolute atomic E-state index is 0.0474. The third-order valence-corrected chi connectivity index (χ3v) is 4.74. The van der Waals surface area contributed by atoms with E-state index in [9.17, 15) is 14.7 Å². The molecule has 29 heavy (non-hydrogen) atoms. The van der Waals surface area contributed by atoms with E-state index in [0.29, 0.717) is 29.2 Å². The Hall–Kier alpha value is -3.54. The van der Waals surface area contributed by atoms with E-state index in [1.165, 1.54) is 4.90 Å². The molecule has 1 N–H and O–H groups in total. The number of ether oxygens (including phenoxy) is 2. The number of hydrogen-bond acceptors (Lipinski definition) is 5. The van der Waals surface area contributed by atoms with Gasteiger partial charge in [0.25, 0.3) is 11.7 Å². The SMILES string of the molecule is C=CCN1C(=O)C(=O)/C(=C(/O)c2ccc(OCC)cc2)C1c1ccc(OC)cc1. The van der Waals surface area contributed by atoms with Crippen LogP contribution in [0.4, 0.5) is 0 Å². The van der Waals surface area contributed by atoms with Crippen LogP contribution in [0.5, 0.6) is 11.5 Å². The predicted octanol–water partition coefficient (Wildman–Crippen LogP) is 3.70. The maximum Gasteiger partial charge on any atom is 0.295 e. The van der Waals surface area contributed by atoms with Crippen LogP contribution >= 0.6 is 0 Å². The van der Waals surface area contributed by atoms with Crippen LogP contribution in [0.2, 0.25) is 0 Å². The number of benzene rings is 2. The van der Waals surface area contributed by atoms with Gasteiger partial charge in [-0.1, -0.05) is 18.2 Å². The molecule has 1 aliphatic rings. The first kappa shape index (κ1) is 20.2. The highest BCUT2D eigenvalue weighted by Crippen LogP contribution is 2.39. The highest BCUT2D eigenvalue weighted by molar-refractivity contribution is 6.46. The van der Waals surface area contributed by atoms with E-state index in [2.05, 4.69) is 6.58 Å². The first-order valence-corrected chi connectivity index (χ1v) is 9.28. The van der Waals surface area contributed by atoms with Gasteiger partial charge in [0, 0.05) is 12.1 Å². The molecule has 0 spiro atoms. The summed E-state index contributed by atoms with van der Waals surface area (Å²) in [7, 11) is 1.56. The number of likely N-dealkylation sites (tertiary alicyclic amines) is 1. The normalized spacial score (nSPS) is 18.0. The van der Waals surface area contributed by atoms with Crippen molar-refractivity contribution in [2.45, 2.75) is 13.0 Å². The molecule has 0 aromatic heterocycles.